The molecule has 1 N–H and O–H groups in total. The minimum atomic E-state index is -0.551. The van der Waals surface area contributed by atoms with E-state index in [1.165, 1.54) is 0 Å². The number of hydrogen-bond acceptors (Lipinski definition) is 3. The molecule has 0 saturated heterocycles. The van der Waals surface area contributed by atoms with Gasteiger partial charge in [-0.2, -0.15) is 0 Å². The predicted octanol–water partition coefficient (Wildman–Crippen LogP) is 3.02. The van der Waals surface area contributed by atoms with Gasteiger partial charge in [-0.3, -0.25) is 9.97 Å². The Hall–Kier alpha value is -2.00. The Kier molecular flexibility index (Phi) is 4.64. The monoisotopic (exact) mass is 268 g/mol. The lowest BCUT2D eigenvalue weighted by Gasteiger charge is -2.10. The van der Waals surface area contributed by atoms with Crippen molar-refractivity contribution >= 4 is 6.08 Å². The standard InChI is InChI=1S/C17H20N2O/c1-12-13(2)19-17(14(3)18-12)11-16(20)10-9-15-7-5-4-6-8-15/h4-10,16,20H,11H2,1-3H3/b10-9+. The summed E-state index contributed by atoms with van der Waals surface area (Å²) < 4.78 is 0. The first kappa shape index (κ1) is 14.4. The smallest absolute Gasteiger partial charge is 0.0780 e. The molecule has 3 heteroatoms. The lowest BCUT2D eigenvalue weighted by molar-refractivity contribution is 0.223. The topological polar surface area (TPSA) is 46.0 Å². The van der Waals surface area contributed by atoms with Crippen LogP contribution in [0.1, 0.15) is 28.3 Å². The number of aliphatic hydroxyl groups excluding tert-OH is 1. The molecule has 0 saturated carbocycles. The van der Waals surface area contributed by atoms with Gasteiger partial charge in [0.1, 0.15) is 0 Å². The number of benzene rings is 1. The molecular formula is C17H20N2O. The van der Waals surface area contributed by atoms with E-state index in [0.29, 0.717) is 6.42 Å². The van der Waals surface area contributed by atoms with Crippen LogP contribution in [0, 0.1) is 20.8 Å². The quantitative estimate of drug-likeness (QED) is 0.927. The van der Waals surface area contributed by atoms with Crippen LogP contribution in [-0.2, 0) is 6.42 Å². The second-order valence-electron chi connectivity index (χ2n) is 4.97. The lowest BCUT2D eigenvalue weighted by atomic mass is 10.1. The van der Waals surface area contributed by atoms with Crippen molar-refractivity contribution in [3.05, 3.63) is 64.7 Å². The molecule has 2 aromatic rings. The summed E-state index contributed by atoms with van der Waals surface area (Å²) in [6.45, 7) is 5.82. The number of nitrogens with zero attached hydrogens (tertiary/aromatic N) is 2. The molecule has 104 valence electrons. The van der Waals surface area contributed by atoms with Crippen LogP contribution >= 0.6 is 0 Å². The van der Waals surface area contributed by atoms with Gasteiger partial charge in [-0.25, -0.2) is 0 Å². The molecule has 3 nitrogen and oxygen atoms in total. The molecule has 1 heterocycles. The molecule has 20 heavy (non-hydrogen) atoms. The first-order valence-electron chi connectivity index (χ1n) is 6.78. The van der Waals surface area contributed by atoms with Crippen molar-refractivity contribution in [1.29, 1.82) is 0 Å². The number of aryl methyl sites for hydroxylation is 3. The first-order valence-corrected chi connectivity index (χ1v) is 6.78. The van der Waals surface area contributed by atoms with Crippen LogP contribution in [0.25, 0.3) is 6.08 Å². The van der Waals surface area contributed by atoms with Crippen LogP contribution in [0.5, 0.6) is 0 Å². The summed E-state index contributed by atoms with van der Waals surface area (Å²) in [4.78, 5) is 8.96. The third kappa shape index (κ3) is 3.75. The van der Waals surface area contributed by atoms with E-state index in [-0.39, 0.29) is 0 Å². The molecule has 0 aliphatic heterocycles. The van der Waals surface area contributed by atoms with Gasteiger partial charge in [-0.1, -0.05) is 42.5 Å². The van der Waals surface area contributed by atoms with Crippen molar-refractivity contribution in [3.8, 4) is 0 Å². The van der Waals surface area contributed by atoms with E-state index >= 15 is 0 Å². The average molecular weight is 268 g/mol. The second-order valence-corrected chi connectivity index (χ2v) is 4.97. The normalized spacial score (nSPS) is 12.8. The van der Waals surface area contributed by atoms with Gasteiger partial charge < -0.3 is 5.11 Å². The maximum Gasteiger partial charge on any atom is 0.0780 e. The Balaban J connectivity index is 2.07. The largest absolute Gasteiger partial charge is 0.389 e. The minimum absolute atomic E-state index is 0.489. The number of hydrogen-bond donors (Lipinski definition) is 1. The summed E-state index contributed by atoms with van der Waals surface area (Å²) in [6.07, 6.45) is 3.66. The van der Waals surface area contributed by atoms with Crippen LogP contribution in [0.2, 0.25) is 0 Å². The zero-order valence-electron chi connectivity index (χ0n) is 12.2. The second kappa shape index (κ2) is 6.44. The van der Waals surface area contributed by atoms with E-state index in [4.69, 9.17) is 0 Å². The average Bonchev–Trinajstić information content (AvgIpc) is 2.44. The van der Waals surface area contributed by atoms with E-state index in [0.717, 1.165) is 28.3 Å². The number of rotatable bonds is 4. The highest BCUT2D eigenvalue weighted by molar-refractivity contribution is 5.49. The Morgan fingerprint density at radius 2 is 1.65 bits per heavy atom. The van der Waals surface area contributed by atoms with Gasteiger partial charge in [-0.05, 0) is 26.3 Å². The van der Waals surface area contributed by atoms with Gasteiger partial charge in [0.25, 0.3) is 0 Å². The Morgan fingerprint density at radius 1 is 1.00 bits per heavy atom. The van der Waals surface area contributed by atoms with E-state index in [9.17, 15) is 5.11 Å². The van der Waals surface area contributed by atoms with Gasteiger partial charge in [0.05, 0.1) is 28.9 Å². The van der Waals surface area contributed by atoms with Crippen LogP contribution in [0.3, 0.4) is 0 Å². The van der Waals surface area contributed by atoms with Crippen molar-refractivity contribution in [3.63, 3.8) is 0 Å². The summed E-state index contributed by atoms with van der Waals surface area (Å²) in [6, 6.07) is 9.94. The maximum absolute atomic E-state index is 10.1. The van der Waals surface area contributed by atoms with Crippen molar-refractivity contribution < 1.29 is 5.11 Å². The van der Waals surface area contributed by atoms with Gasteiger partial charge in [-0.15, -0.1) is 0 Å². The Morgan fingerprint density at radius 3 is 2.35 bits per heavy atom. The van der Waals surface area contributed by atoms with Crippen LogP contribution < -0.4 is 0 Å². The maximum atomic E-state index is 10.1. The zero-order valence-corrected chi connectivity index (χ0v) is 12.2. The highest BCUT2D eigenvalue weighted by Gasteiger charge is 2.09. The molecular weight excluding hydrogens is 248 g/mol. The molecule has 2 rings (SSSR count). The SMILES string of the molecule is Cc1nc(C)c(CC(O)/C=C/c2ccccc2)nc1C. The number of aromatic nitrogens is 2. The fourth-order valence-electron chi connectivity index (χ4n) is 2.01. The Labute approximate surface area is 120 Å². The zero-order chi connectivity index (χ0) is 14.5. The van der Waals surface area contributed by atoms with E-state index in [2.05, 4.69) is 9.97 Å². The fourth-order valence-corrected chi connectivity index (χ4v) is 2.01. The molecule has 1 aromatic heterocycles. The molecule has 0 aliphatic rings. The van der Waals surface area contributed by atoms with Crippen LogP contribution in [0.4, 0.5) is 0 Å². The van der Waals surface area contributed by atoms with E-state index < -0.39 is 6.10 Å². The van der Waals surface area contributed by atoms with Crippen molar-refractivity contribution in [2.75, 3.05) is 0 Å². The minimum Gasteiger partial charge on any atom is -0.389 e. The van der Waals surface area contributed by atoms with Crippen LogP contribution in [0.15, 0.2) is 36.4 Å². The number of aliphatic hydroxyl groups is 1. The van der Waals surface area contributed by atoms with E-state index in [1.54, 1.807) is 6.08 Å². The third-order valence-electron chi connectivity index (χ3n) is 3.29. The van der Waals surface area contributed by atoms with Gasteiger partial charge in [0, 0.05) is 6.42 Å². The molecule has 1 aromatic carbocycles. The highest BCUT2D eigenvalue weighted by atomic mass is 16.3. The molecule has 0 spiro atoms. The predicted molar refractivity (Wildman–Crippen MR) is 81.4 cm³/mol. The molecule has 0 fully saturated rings. The summed E-state index contributed by atoms with van der Waals surface area (Å²) >= 11 is 0. The lowest BCUT2D eigenvalue weighted by Crippen LogP contribution is -2.12. The first-order chi connectivity index (χ1) is 9.56. The highest BCUT2D eigenvalue weighted by Crippen LogP contribution is 2.11. The third-order valence-corrected chi connectivity index (χ3v) is 3.29. The fraction of sp³-hybridized carbons (Fsp3) is 0.294. The molecule has 1 unspecified atom stereocenters. The summed E-state index contributed by atoms with van der Waals surface area (Å²) in [5, 5.41) is 10.1. The summed E-state index contributed by atoms with van der Waals surface area (Å²) in [5.74, 6) is 0. The van der Waals surface area contributed by atoms with Crippen molar-refractivity contribution in [2.45, 2.75) is 33.3 Å². The van der Waals surface area contributed by atoms with Crippen LogP contribution in [-0.4, -0.2) is 21.2 Å². The van der Waals surface area contributed by atoms with Gasteiger partial charge in [0.2, 0.25) is 0 Å². The van der Waals surface area contributed by atoms with Crippen molar-refractivity contribution in [2.24, 2.45) is 0 Å². The molecule has 0 amide bonds. The van der Waals surface area contributed by atoms with Gasteiger partial charge >= 0.3 is 0 Å². The summed E-state index contributed by atoms with van der Waals surface area (Å²) in [5.41, 5.74) is 4.69. The van der Waals surface area contributed by atoms with Crippen molar-refractivity contribution in [1.82, 2.24) is 9.97 Å². The molecule has 1 atom stereocenters. The van der Waals surface area contributed by atoms with E-state index in [1.807, 2.05) is 57.2 Å². The Bertz CT molecular complexity index is 606. The molecule has 0 bridgehead atoms. The van der Waals surface area contributed by atoms with Gasteiger partial charge in [0.15, 0.2) is 0 Å². The molecule has 0 aliphatic carbocycles. The summed E-state index contributed by atoms with van der Waals surface area (Å²) in [7, 11) is 0. The molecule has 0 radical (unpaired) electrons.